The number of nitrogens with one attached hydrogen (secondary N) is 2. The maximum Gasteiger partial charge on any atom is 0.318 e. The average molecular weight is 426 g/mol. The summed E-state index contributed by atoms with van der Waals surface area (Å²) in [5.74, 6) is 0. The van der Waals surface area contributed by atoms with Crippen molar-refractivity contribution in [2.75, 3.05) is 0 Å². The molecule has 0 radical (unpaired) electrons. The van der Waals surface area contributed by atoms with Crippen LogP contribution in [0.3, 0.4) is 0 Å². The van der Waals surface area contributed by atoms with Crippen LogP contribution in [-0.2, 0) is 26.1 Å². The molecule has 32 heavy (non-hydrogen) atoms. The molecule has 0 saturated heterocycles. The lowest BCUT2D eigenvalue weighted by Gasteiger charge is -2.23. The Bertz CT molecular complexity index is 1250. The summed E-state index contributed by atoms with van der Waals surface area (Å²) >= 11 is 0. The van der Waals surface area contributed by atoms with Crippen LogP contribution in [0.4, 0.5) is 4.79 Å². The molecule has 4 rings (SSSR count). The van der Waals surface area contributed by atoms with Gasteiger partial charge in [-0.2, -0.15) is 0 Å². The van der Waals surface area contributed by atoms with Crippen LogP contribution in [0.15, 0.2) is 89.7 Å². The monoisotopic (exact) mass is 425 g/mol. The van der Waals surface area contributed by atoms with Crippen molar-refractivity contribution in [3.05, 3.63) is 118 Å². The second kappa shape index (κ2) is 9.96. The molecule has 0 aliphatic carbocycles. The van der Waals surface area contributed by atoms with Crippen LogP contribution in [-0.4, -0.2) is 15.9 Å². The summed E-state index contributed by atoms with van der Waals surface area (Å²) in [6, 6.07) is 27.3. The van der Waals surface area contributed by atoms with Gasteiger partial charge in [0.05, 0.1) is 6.54 Å². The first-order valence-electron chi connectivity index (χ1n) is 10.9. The van der Waals surface area contributed by atoms with Gasteiger partial charge in [0.25, 0.3) is 5.56 Å². The van der Waals surface area contributed by atoms with Crippen LogP contribution in [0, 0.1) is 0 Å². The van der Waals surface area contributed by atoms with Gasteiger partial charge in [0.1, 0.15) is 0 Å². The Kier molecular flexibility index (Phi) is 6.66. The van der Waals surface area contributed by atoms with E-state index in [4.69, 9.17) is 0 Å². The second-order valence-corrected chi connectivity index (χ2v) is 7.88. The Hall–Kier alpha value is -3.86. The Morgan fingerprint density at radius 2 is 1.53 bits per heavy atom. The van der Waals surface area contributed by atoms with E-state index in [9.17, 15) is 9.59 Å². The summed E-state index contributed by atoms with van der Waals surface area (Å²) < 4.78 is 0. The van der Waals surface area contributed by atoms with E-state index in [0.717, 1.165) is 28.5 Å². The zero-order valence-electron chi connectivity index (χ0n) is 18.2. The lowest BCUT2D eigenvalue weighted by atomic mass is 10.1. The molecule has 0 aliphatic heterocycles. The summed E-state index contributed by atoms with van der Waals surface area (Å²) in [4.78, 5) is 30.5. The number of amides is 2. The highest BCUT2D eigenvalue weighted by Crippen LogP contribution is 2.16. The number of urea groups is 1. The smallest absolute Gasteiger partial charge is 0.318 e. The Labute approximate surface area is 187 Å². The number of aromatic amines is 1. The van der Waals surface area contributed by atoms with Gasteiger partial charge in [0, 0.05) is 24.2 Å². The van der Waals surface area contributed by atoms with Crippen molar-refractivity contribution < 1.29 is 4.79 Å². The van der Waals surface area contributed by atoms with E-state index in [1.807, 2.05) is 78.9 Å². The molecule has 0 saturated carbocycles. The van der Waals surface area contributed by atoms with Gasteiger partial charge in [-0.3, -0.25) is 4.79 Å². The lowest BCUT2D eigenvalue weighted by Crippen LogP contribution is -2.39. The fourth-order valence-electron chi connectivity index (χ4n) is 3.73. The maximum absolute atomic E-state index is 13.1. The van der Waals surface area contributed by atoms with E-state index in [1.54, 1.807) is 4.90 Å². The normalized spacial score (nSPS) is 10.8. The number of aromatic nitrogens is 1. The van der Waals surface area contributed by atoms with E-state index in [-0.39, 0.29) is 18.1 Å². The van der Waals surface area contributed by atoms with Gasteiger partial charge in [0.15, 0.2) is 0 Å². The third kappa shape index (κ3) is 5.24. The first-order valence-corrected chi connectivity index (χ1v) is 10.9. The van der Waals surface area contributed by atoms with E-state index in [1.165, 1.54) is 5.56 Å². The van der Waals surface area contributed by atoms with Gasteiger partial charge < -0.3 is 15.2 Å². The molecule has 162 valence electrons. The van der Waals surface area contributed by atoms with Crippen molar-refractivity contribution in [1.29, 1.82) is 0 Å². The van der Waals surface area contributed by atoms with E-state index in [0.29, 0.717) is 18.7 Å². The van der Waals surface area contributed by atoms with Crippen LogP contribution in [0.5, 0.6) is 0 Å². The maximum atomic E-state index is 13.1. The van der Waals surface area contributed by atoms with Gasteiger partial charge >= 0.3 is 6.03 Å². The van der Waals surface area contributed by atoms with Crippen LogP contribution >= 0.6 is 0 Å². The van der Waals surface area contributed by atoms with Gasteiger partial charge in [-0.25, -0.2) is 4.79 Å². The van der Waals surface area contributed by atoms with Crippen molar-refractivity contribution in [2.24, 2.45) is 0 Å². The third-order valence-corrected chi connectivity index (χ3v) is 5.55. The van der Waals surface area contributed by atoms with E-state index < -0.39 is 0 Å². The van der Waals surface area contributed by atoms with Crippen LogP contribution in [0.1, 0.15) is 29.2 Å². The topological polar surface area (TPSA) is 65.2 Å². The SMILES string of the molecule is CCc1ccc2[nH]c(=O)c(CN(Cc3ccccc3)C(=O)NCc3ccccc3)cc2c1. The highest BCUT2D eigenvalue weighted by molar-refractivity contribution is 5.80. The van der Waals surface area contributed by atoms with Crippen LogP contribution in [0.2, 0.25) is 0 Å². The summed E-state index contributed by atoms with van der Waals surface area (Å²) in [5, 5.41) is 3.96. The predicted octanol–water partition coefficient (Wildman–Crippen LogP) is 5.00. The molecule has 0 spiro atoms. The number of hydrogen-bond donors (Lipinski definition) is 2. The number of nitrogens with zero attached hydrogens (tertiary/aromatic N) is 1. The minimum Gasteiger partial charge on any atom is -0.334 e. The Morgan fingerprint density at radius 1 is 0.844 bits per heavy atom. The number of carbonyl (C=O) groups excluding carboxylic acids is 1. The first-order chi connectivity index (χ1) is 15.6. The molecule has 4 aromatic rings. The number of fused-ring (bicyclic) bond motifs is 1. The summed E-state index contributed by atoms with van der Waals surface area (Å²) in [6.45, 7) is 3.16. The molecule has 2 N–H and O–H groups in total. The summed E-state index contributed by atoms with van der Waals surface area (Å²) in [7, 11) is 0. The van der Waals surface area contributed by atoms with E-state index in [2.05, 4.69) is 23.3 Å². The molecule has 0 atom stereocenters. The summed E-state index contributed by atoms with van der Waals surface area (Å²) in [6.07, 6.45) is 0.923. The predicted molar refractivity (Wildman–Crippen MR) is 128 cm³/mol. The number of hydrogen-bond acceptors (Lipinski definition) is 2. The quantitative estimate of drug-likeness (QED) is 0.437. The number of aryl methyl sites for hydroxylation is 1. The molecule has 1 heterocycles. The third-order valence-electron chi connectivity index (χ3n) is 5.55. The lowest BCUT2D eigenvalue weighted by molar-refractivity contribution is 0.191. The highest BCUT2D eigenvalue weighted by atomic mass is 16.2. The molecule has 3 aromatic carbocycles. The fraction of sp³-hybridized carbons (Fsp3) is 0.185. The van der Waals surface area contributed by atoms with Crippen LogP contribution < -0.4 is 10.9 Å². The molecule has 0 bridgehead atoms. The molecule has 5 nitrogen and oxygen atoms in total. The minimum atomic E-state index is -0.209. The van der Waals surface area contributed by atoms with Gasteiger partial charge in [-0.1, -0.05) is 73.7 Å². The van der Waals surface area contributed by atoms with Crippen molar-refractivity contribution >= 4 is 16.9 Å². The van der Waals surface area contributed by atoms with Crippen LogP contribution in [0.25, 0.3) is 10.9 Å². The molecule has 0 aliphatic rings. The highest BCUT2D eigenvalue weighted by Gasteiger charge is 2.17. The fourth-order valence-corrected chi connectivity index (χ4v) is 3.73. The van der Waals surface area contributed by atoms with Gasteiger partial charge in [-0.15, -0.1) is 0 Å². The molecular weight excluding hydrogens is 398 g/mol. The molecule has 0 fully saturated rings. The largest absolute Gasteiger partial charge is 0.334 e. The molecule has 1 aromatic heterocycles. The molecular formula is C27H27N3O2. The standard InChI is InChI=1S/C27H27N3O2/c1-2-20-13-14-25-23(15-20)16-24(26(31)29-25)19-30(18-22-11-7-4-8-12-22)27(32)28-17-21-9-5-3-6-10-21/h3-16H,2,17-19H2,1H3,(H,28,32)(H,29,31). The number of H-pyrrole nitrogens is 1. The number of pyridine rings is 1. The minimum absolute atomic E-state index is 0.171. The first kappa shape index (κ1) is 21.4. The molecule has 2 amide bonds. The van der Waals surface area contributed by atoms with E-state index >= 15 is 0 Å². The number of carbonyl (C=O) groups is 1. The molecule has 5 heteroatoms. The van der Waals surface area contributed by atoms with Crippen molar-refractivity contribution in [1.82, 2.24) is 15.2 Å². The summed E-state index contributed by atoms with van der Waals surface area (Å²) in [5.41, 5.74) is 4.44. The van der Waals surface area contributed by atoms with Crippen molar-refractivity contribution in [3.8, 4) is 0 Å². The van der Waals surface area contributed by atoms with Gasteiger partial charge in [-0.05, 0) is 46.7 Å². The Balaban J connectivity index is 1.59. The second-order valence-electron chi connectivity index (χ2n) is 7.88. The number of rotatable bonds is 7. The zero-order chi connectivity index (χ0) is 22.3. The van der Waals surface area contributed by atoms with Crippen molar-refractivity contribution in [2.45, 2.75) is 33.0 Å². The molecule has 0 unspecified atom stereocenters. The van der Waals surface area contributed by atoms with Crippen molar-refractivity contribution in [3.63, 3.8) is 0 Å². The van der Waals surface area contributed by atoms with Gasteiger partial charge in [0.2, 0.25) is 0 Å². The number of benzene rings is 3. The zero-order valence-corrected chi connectivity index (χ0v) is 18.2. The average Bonchev–Trinajstić information content (AvgIpc) is 2.83. The Morgan fingerprint density at radius 3 is 2.22 bits per heavy atom.